The fourth-order valence-corrected chi connectivity index (χ4v) is 4.64. The Bertz CT molecular complexity index is 1510. The van der Waals surface area contributed by atoms with E-state index in [-0.39, 0.29) is 23.8 Å². The minimum absolute atomic E-state index is 0.0581. The van der Waals surface area contributed by atoms with E-state index in [2.05, 4.69) is 5.32 Å². The topological polar surface area (TPSA) is 87.0 Å². The van der Waals surface area contributed by atoms with Gasteiger partial charge in [-0.2, -0.15) is 0 Å². The fourth-order valence-electron chi connectivity index (χ4n) is 4.64. The first-order valence-corrected chi connectivity index (χ1v) is 11.3. The Hall–Kier alpha value is -4.33. The number of nitrogens with one attached hydrogen (secondary N) is 1. The highest BCUT2D eigenvalue weighted by molar-refractivity contribution is 6.14. The van der Waals surface area contributed by atoms with Crippen LogP contribution in [0.3, 0.4) is 0 Å². The third kappa shape index (κ3) is 3.84. The molecule has 0 spiro atoms. The second kappa shape index (κ2) is 8.71. The van der Waals surface area contributed by atoms with Crippen molar-refractivity contribution in [2.75, 3.05) is 19.5 Å². The number of ketones is 1. The summed E-state index contributed by atoms with van der Waals surface area (Å²) in [7, 11) is 3.04. The Labute approximate surface area is 206 Å². The van der Waals surface area contributed by atoms with Crippen LogP contribution in [0.25, 0.3) is 11.0 Å². The van der Waals surface area contributed by atoms with Gasteiger partial charge in [-0.1, -0.05) is 12.1 Å². The Morgan fingerprint density at radius 2 is 1.75 bits per heavy atom. The van der Waals surface area contributed by atoms with Crippen molar-refractivity contribution in [3.05, 3.63) is 82.9 Å². The summed E-state index contributed by atoms with van der Waals surface area (Å²) in [5.41, 5.74) is 1.55. The molecule has 8 heteroatoms. The first kappa shape index (κ1) is 23.4. The molecule has 0 aliphatic carbocycles. The van der Waals surface area contributed by atoms with Crippen molar-refractivity contribution >= 4 is 28.3 Å². The monoisotopic (exact) mass is 489 g/mol. The SMILES string of the molecule is COc1ccc(NC(=O)c2oc3ccc4c(c3c2C)C(=O)CC(C)(c2ccc(F)cc2)O4)cc1OC. The average Bonchev–Trinajstić information content (AvgIpc) is 3.20. The number of hydrogen-bond acceptors (Lipinski definition) is 6. The van der Waals surface area contributed by atoms with Gasteiger partial charge >= 0.3 is 0 Å². The second-order valence-corrected chi connectivity index (χ2v) is 8.83. The largest absolute Gasteiger partial charge is 0.493 e. The van der Waals surface area contributed by atoms with E-state index in [4.69, 9.17) is 18.6 Å². The van der Waals surface area contributed by atoms with Crippen LogP contribution in [0, 0.1) is 12.7 Å². The van der Waals surface area contributed by atoms with Crippen molar-refractivity contribution in [3.8, 4) is 17.2 Å². The lowest BCUT2D eigenvalue weighted by Crippen LogP contribution is -2.36. The summed E-state index contributed by atoms with van der Waals surface area (Å²) in [6.07, 6.45) is 0.0581. The van der Waals surface area contributed by atoms with Crippen molar-refractivity contribution in [2.24, 2.45) is 0 Å². The Kier molecular flexibility index (Phi) is 5.67. The van der Waals surface area contributed by atoms with E-state index in [0.717, 1.165) is 0 Å². The molecule has 0 saturated heterocycles. The van der Waals surface area contributed by atoms with Gasteiger partial charge in [-0.05, 0) is 55.8 Å². The maximum atomic E-state index is 13.4. The van der Waals surface area contributed by atoms with Crippen molar-refractivity contribution in [2.45, 2.75) is 25.9 Å². The number of methoxy groups -OCH3 is 2. The van der Waals surface area contributed by atoms with Crippen LogP contribution in [-0.4, -0.2) is 25.9 Å². The molecule has 1 atom stereocenters. The molecule has 1 unspecified atom stereocenters. The smallest absolute Gasteiger partial charge is 0.291 e. The molecule has 0 bridgehead atoms. The first-order chi connectivity index (χ1) is 17.2. The minimum atomic E-state index is -0.948. The first-order valence-electron chi connectivity index (χ1n) is 11.3. The third-order valence-corrected chi connectivity index (χ3v) is 6.47. The highest BCUT2D eigenvalue weighted by atomic mass is 19.1. The number of hydrogen-bond donors (Lipinski definition) is 1. The molecule has 0 radical (unpaired) electrons. The van der Waals surface area contributed by atoms with Gasteiger partial charge in [-0.15, -0.1) is 0 Å². The number of Topliss-reactive ketones (excluding diaryl/α,β-unsaturated/α-hetero) is 1. The van der Waals surface area contributed by atoms with Gasteiger partial charge in [0.2, 0.25) is 0 Å². The average molecular weight is 489 g/mol. The number of carbonyl (C=O) groups excluding carboxylic acids is 2. The predicted molar refractivity (Wildman–Crippen MR) is 132 cm³/mol. The summed E-state index contributed by atoms with van der Waals surface area (Å²) >= 11 is 0. The second-order valence-electron chi connectivity index (χ2n) is 8.83. The van der Waals surface area contributed by atoms with E-state index in [9.17, 15) is 14.0 Å². The van der Waals surface area contributed by atoms with E-state index >= 15 is 0 Å². The Morgan fingerprint density at radius 1 is 1.03 bits per heavy atom. The quantitative estimate of drug-likeness (QED) is 0.368. The number of amides is 1. The number of furan rings is 1. The minimum Gasteiger partial charge on any atom is -0.493 e. The van der Waals surface area contributed by atoms with Crippen LogP contribution in [0.5, 0.6) is 17.2 Å². The molecular formula is C28H24FNO6. The molecule has 1 N–H and O–H groups in total. The standard InChI is InChI=1S/C28H24FNO6/c1-15-24-21(35-26(15)27(32)30-18-9-10-20(33-3)23(13-18)34-4)11-12-22-25(24)19(31)14-28(2,36-22)16-5-7-17(29)8-6-16/h5-13H,14H2,1-4H3,(H,30,32). The lowest BCUT2D eigenvalue weighted by atomic mass is 9.84. The number of anilines is 1. The Balaban J connectivity index is 1.50. The molecule has 1 aromatic heterocycles. The van der Waals surface area contributed by atoms with Crippen LogP contribution >= 0.6 is 0 Å². The number of fused-ring (bicyclic) bond motifs is 3. The van der Waals surface area contributed by atoms with Crippen LogP contribution < -0.4 is 19.5 Å². The number of rotatable bonds is 5. The molecule has 1 amide bonds. The van der Waals surface area contributed by atoms with Crippen molar-refractivity contribution in [1.82, 2.24) is 0 Å². The summed E-state index contributed by atoms with van der Waals surface area (Å²) in [6, 6.07) is 14.3. The molecule has 0 fully saturated rings. The lowest BCUT2D eigenvalue weighted by molar-refractivity contribution is 0.0507. The van der Waals surface area contributed by atoms with Crippen molar-refractivity contribution in [1.29, 1.82) is 0 Å². The molecule has 36 heavy (non-hydrogen) atoms. The highest BCUT2D eigenvalue weighted by Gasteiger charge is 2.40. The van der Waals surface area contributed by atoms with E-state index in [1.54, 1.807) is 56.3 Å². The van der Waals surface area contributed by atoms with Gasteiger partial charge < -0.3 is 23.9 Å². The normalized spacial score (nSPS) is 16.9. The number of halogens is 1. The number of carbonyl (C=O) groups is 2. The number of benzene rings is 3. The van der Waals surface area contributed by atoms with Crippen LogP contribution in [0.15, 0.2) is 59.0 Å². The zero-order chi connectivity index (χ0) is 25.6. The fraction of sp³-hybridized carbons (Fsp3) is 0.214. The van der Waals surface area contributed by atoms with Crippen LogP contribution in [0.1, 0.15) is 45.4 Å². The van der Waals surface area contributed by atoms with E-state index in [1.165, 1.54) is 26.4 Å². The Morgan fingerprint density at radius 3 is 2.44 bits per heavy atom. The molecule has 2 heterocycles. The van der Waals surface area contributed by atoms with Gasteiger partial charge in [0.25, 0.3) is 5.91 Å². The molecule has 7 nitrogen and oxygen atoms in total. The molecule has 0 saturated carbocycles. The maximum absolute atomic E-state index is 13.4. The summed E-state index contributed by atoms with van der Waals surface area (Å²) in [5.74, 6) is 0.508. The van der Waals surface area contributed by atoms with E-state index in [1.807, 2.05) is 0 Å². The molecule has 3 aromatic carbocycles. The lowest BCUT2D eigenvalue weighted by Gasteiger charge is -2.35. The van der Waals surface area contributed by atoms with Gasteiger partial charge in [0.1, 0.15) is 22.8 Å². The number of ether oxygens (including phenoxy) is 3. The molecular weight excluding hydrogens is 465 g/mol. The number of aryl methyl sites for hydroxylation is 1. The zero-order valence-electron chi connectivity index (χ0n) is 20.2. The summed E-state index contributed by atoms with van der Waals surface area (Å²) in [6.45, 7) is 3.53. The summed E-state index contributed by atoms with van der Waals surface area (Å²) in [5, 5.41) is 3.34. The zero-order valence-corrected chi connectivity index (χ0v) is 20.2. The molecule has 1 aliphatic rings. The maximum Gasteiger partial charge on any atom is 0.291 e. The van der Waals surface area contributed by atoms with Crippen LogP contribution in [0.2, 0.25) is 0 Å². The molecule has 1 aliphatic heterocycles. The van der Waals surface area contributed by atoms with Gasteiger partial charge in [-0.3, -0.25) is 9.59 Å². The molecule has 5 rings (SSSR count). The highest BCUT2D eigenvalue weighted by Crippen LogP contribution is 2.44. The summed E-state index contributed by atoms with van der Waals surface area (Å²) in [4.78, 5) is 26.5. The van der Waals surface area contributed by atoms with Gasteiger partial charge in [0.15, 0.2) is 23.0 Å². The van der Waals surface area contributed by atoms with Gasteiger partial charge in [-0.25, -0.2) is 4.39 Å². The third-order valence-electron chi connectivity index (χ3n) is 6.47. The van der Waals surface area contributed by atoms with E-state index in [0.29, 0.717) is 50.6 Å². The van der Waals surface area contributed by atoms with Gasteiger partial charge in [0.05, 0.1) is 26.2 Å². The van der Waals surface area contributed by atoms with Crippen LogP contribution in [-0.2, 0) is 5.60 Å². The van der Waals surface area contributed by atoms with E-state index < -0.39 is 11.5 Å². The molecule has 184 valence electrons. The van der Waals surface area contributed by atoms with Gasteiger partial charge in [0, 0.05) is 22.7 Å². The van der Waals surface area contributed by atoms with Crippen molar-refractivity contribution in [3.63, 3.8) is 0 Å². The predicted octanol–water partition coefficient (Wildman–Crippen LogP) is 6.03. The molecule has 4 aromatic rings. The van der Waals surface area contributed by atoms with Crippen LogP contribution in [0.4, 0.5) is 10.1 Å². The summed E-state index contributed by atoms with van der Waals surface area (Å²) < 4.78 is 36.1. The van der Waals surface area contributed by atoms with Crippen molar-refractivity contribution < 1.29 is 32.6 Å².